The van der Waals surface area contributed by atoms with E-state index in [9.17, 15) is 4.79 Å². The van der Waals surface area contributed by atoms with Gasteiger partial charge < -0.3 is 10.2 Å². The molecule has 2 fully saturated rings. The molecule has 2 aliphatic heterocycles. The molecule has 0 aromatic heterocycles. The van der Waals surface area contributed by atoms with Crippen LogP contribution in [0.4, 0.5) is 4.79 Å². The lowest BCUT2D eigenvalue weighted by atomic mass is 10.1. The fraction of sp³-hybridized carbons (Fsp3) is 0.889. The molecule has 0 saturated carbocycles. The third-order valence-electron chi connectivity index (χ3n) is 2.71. The van der Waals surface area contributed by atoms with E-state index in [4.69, 9.17) is 0 Å². The number of nitrogens with zero attached hydrogens (tertiary/aromatic N) is 1. The van der Waals surface area contributed by atoms with Gasteiger partial charge in [-0.15, -0.1) is 0 Å². The first-order valence-corrected chi connectivity index (χ1v) is 6.12. The maximum absolute atomic E-state index is 11.4. The topological polar surface area (TPSA) is 32.3 Å². The highest BCUT2D eigenvalue weighted by Gasteiger charge is 2.21. The van der Waals surface area contributed by atoms with Crippen LogP contribution < -0.4 is 5.32 Å². The summed E-state index contributed by atoms with van der Waals surface area (Å²) in [7, 11) is 0. The zero-order valence-corrected chi connectivity index (χ0v) is 8.61. The number of amides is 2. The Bertz CT molecular complexity index is 188. The van der Waals surface area contributed by atoms with E-state index in [1.165, 1.54) is 24.3 Å². The number of hydrogen-bond donors (Lipinski definition) is 1. The van der Waals surface area contributed by atoms with Gasteiger partial charge in [-0.25, -0.2) is 4.79 Å². The van der Waals surface area contributed by atoms with E-state index < -0.39 is 0 Å². The van der Waals surface area contributed by atoms with E-state index in [-0.39, 0.29) is 6.03 Å². The van der Waals surface area contributed by atoms with Crippen molar-refractivity contribution in [2.24, 2.45) is 5.92 Å². The monoisotopic (exact) mass is 200 g/mol. The van der Waals surface area contributed by atoms with Gasteiger partial charge in [-0.3, -0.25) is 0 Å². The van der Waals surface area contributed by atoms with Crippen LogP contribution in [0.25, 0.3) is 0 Å². The molecule has 0 radical (unpaired) electrons. The fourth-order valence-corrected chi connectivity index (χ4v) is 2.89. The number of urea groups is 1. The third kappa shape index (κ3) is 2.30. The maximum Gasteiger partial charge on any atom is 0.317 e. The molecule has 2 heterocycles. The second-order valence-electron chi connectivity index (χ2n) is 3.76. The number of hydrogen-bond acceptors (Lipinski definition) is 2. The summed E-state index contributed by atoms with van der Waals surface area (Å²) in [6, 6.07) is 0.142. The highest BCUT2D eigenvalue weighted by Crippen LogP contribution is 2.22. The van der Waals surface area contributed by atoms with Crippen molar-refractivity contribution in [3.8, 4) is 0 Å². The number of likely N-dealkylation sites (tertiary alicyclic amines) is 1. The van der Waals surface area contributed by atoms with E-state index in [1.54, 1.807) is 0 Å². The lowest BCUT2D eigenvalue weighted by molar-refractivity contribution is 0.166. The van der Waals surface area contributed by atoms with E-state index in [2.05, 4.69) is 5.32 Å². The average molecular weight is 200 g/mol. The summed E-state index contributed by atoms with van der Waals surface area (Å²) in [5.74, 6) is 3.21. The second kappa shape index (κ2) is 4.22. The molecule has 74 valence electrons. The Hall–Kier alpha value is -0.380. The van der Waals surface area contributed by atoms with Crippen molar-refractivity contribution in [1.29, 1.82) is 0 Å². The third-order valence-corrected chi connectivity index (χ3v) is 3.94. The molecule has 0 spiro atoms. The van der Waals surface area contributed by atoms with Gasteiger partial charge in [-0.1, -0.05) is 0 Å². The minimum atomic E-state index is 0.142. The molecule has 1 atom stereocenters. The van der Waals surface area contributed by atoms with Crippen molar-refractivity contribution in [2.45, 2.75) is 12.8 Å². The van der Waals surface area contributed by atoms with E-state index in [0.717, 1.165) is 25.6 Å². The number of nitrogens with one attached hydrogen (secondary N) is 1. The lowest BCUT2D eigenvalue weighted by Crippen LogP contribution is -2.48. The Morgan fingerprint density at radius 2 is 2.38 bits per heavy atom. The molecule has 1 N–H and O–H groups in total. The molecule has 13 heavy (non-hydrogen) atoms. The molecule has 3 nitrogen and oxygen atoms in total. The quantitative estimate of drug-likeness (QED) is 0.725. The van der Waals surface area contributed by atoms with Gasteiger partial charge >= 0.3 is 6.03 Å². The van der Waals surface area contributed by atoms with E-state index in [0.29, 0.717) is 0 Å². The fourth-order valence-electron chi connectivity index (χ4n) is 1.61. The van der Waals surface area contributed by atoms with Gasteiger partial charge in [-0.2, -0.15) is 11.8 Å². The number of carbonyl (C=O) groups excluding carboxylic acids is 1. The van der Waals surface area contributed by atoms with Crippen LogP contribution in [0, 0.1) is 5.92 Å². The normalized spacial score (nSPS) is 27.1. The molecule has 0 aliphatic carbocycles. The average Bonchev–Trinajstić information content (AvgIpc) is 2.49. The summed E-state index contributed by atoms with van der Waals surface area (Å²) < 4.78 is 0. The van der Waals surface area contributed by atoms with Gasteiger partial charge in [0.2, 0.25) is 0 Å². The molecular weight excluding hydrogens is 184 g/mol. The smallest absolute Gasteiger partial charge is 0.317 e. The van der Waals surface area contributed by atoms with Gasteiger partial charge in [0.15, 0.2) is 0 Å². The molecule has 0 aromatic rings. The summed E-state index contributed by atoms with van der Waals surface area (Å²) in [4.78, 5) is 13.3. The lowest BCUT2D eigenvalue weighted by Gasteiger charge is -2.31. The van der Waals surface area contributed by atoms with Crippen molar-refractivity contribution in [3.05, 3.63) is 0 Å². The summed E-state index contributed by atoms with van der Waals surface area (Å²) in [5, 5.41) is 3.00. The largest absolute Gasteiger partial charge is 0.338 e. The van der Waals surface area contributed by atoms with Crippen LogP contribution in [0.2, 0.25) is 0 Å². The van der Waals surface area contributed by atoms with Gasteiger partial charge in [0.25, 0.3) is 0 Å². The van der Waals surface area contributed by atoms with Gasteiger partial charge in [0.05, 0.1) is 0 Å². The maximum atomic E-state index is 11.4. The van der Waals surface area contributed by atoms with Crippen molar-refractivity contribution >= 4 is 17.8 Å². The van der Waals surface area contributed by atoms with Crippen LogP contribution in [-0.2, 0) is 0 Å². The van der Waals surface area contributed by atoms with Gasteiger partial charge in [0, 0.05) is 19.6 Å². The molecule has 2 saturated heterocycles. The molecule has 0 aromatic carbocycles. The number of rotatable bonds is 2. The highest BCUT2D eigenvalue weighted by molar-refractivity contribution is 7.99. The predicted molar refractivity (Wildman–Crippen MR) is 55.0 cm³/mol. The highest BCUT2D eigenvalue weighted by atomic mass is 32.2. The Morgan fingerprint density at radius 1 is 1.54 bits per heavy atom. The SMILES string of the molecule is O=C(NCC1CCSC1)N1CCC1. The van der Waals surface area contributed by atoms with Crippen molar-refractivity contribution in [2.75, 3.05) is 31.1 Å². The van der Waals surface area contributed by atoms with Crippen LogP contribution in [-0.4, -0.2) is 42.1 Å². The molecule has 1 unspecified atom stereocenters. The second-order valence-corrected chi connectivity index (χ2v) is 4.91. The van der Waals surface area contributed by atoms with Crippen LogP contribution in [0.1, 0.15) is 12.8 Å². The first kappa shape index (κ1) is 9.19. The number of thioether (sulfide) groups is 1. The first-order chi connectivity index (χ1) is 6.36. The minimum absolute atomic E-state index is 0.142. The van der Waals surface area contributed by atoms with Crippen molar-refractivity contribution in [1.82, 2.24) is 10.2 Å². The zero-order chi connectivity index (χ0) is 9.10. The minimum Gasteiger partial charge on any atom is -0.338 e. The Kier molecular flexibility index (Phi) is 2.98. The Morgan fingerprint density at radius 3 is 2.92 bits per heavy atom. The van der Waals surface area contributed by atoms with Crippen molar-refractivity contribution < 1.29 is 4.79 Å². The predicted octanol–water partition coefficient (Wildman–Crippen LogP) is 1.15. The van der Waals surface area contributed by atoms with Crippen LogP contribution in [0.15, 0.2) is 0 Å². The Labute approximate surface area is 83.2 Å². The Balaban J connectivity index is 1.63. The summed E-state index contributed by atoms with van der Waals surface area (Å²) in [5.41, 5.74) is 0. The summed E-state index contributed by atoms with van der Waals surface area (Å²) in [6.45, 7) is 2.78. The molecular formula is C9H16N2OS. The molecule has 0 bridgehead atoms. The van der Waals surface area contributed by atoms with Gasteiger partial charge in [0.1, 0.15) is 0 Å². The summed E-state index contributed by atoms with van der Waals surface area (Å²) >= 11 is 2.00. The van der Waals surface area contributed by atoms with Crippen molar-refractivity contribution in [3.63, 3.8) is 0 Å². The first-order valence-electron chi connectivity index (χ1n) is 4.97. The van der Waals surface area contributed by atoms with E-state index in [1.807, 2.05) is 16.7 Å². The molecule has 2 rings (SSSR count). The standard InChI is InChI=1S/C9H16N2OS/c12-9(11-3-1-4-11)10-6-8-2-5-13-7-8/h8H,1-7H2,(H,10,12). The molecule has 2 aliphatic rings. The summed E-state index contributed by atoms with van der Waals surface area (Å²) in [6.07, 6.45) is 2.44. The number of carbonyl (C=O) groups is 1. The van der Waals surface area contributed by atoms with E-state index >= 15 is 0 Å². The van der Waals surface area contributed by atoms with Crippen LogP contribution in [0.3, 0.4) is 0 Å². The van der Waals surface area contributed by atoms with Crippen LogP contribution in [0.5, 0.6) is 0 Å². The molecule has 4 heteroatoms. The zero-order valence-electron chi connectivity index (χ0n) is 7.79. The van der Waals surface area contributed by atoms with Crippen LogP contribution >= 0.6 is 11.8 Å². The van der Waals surface area contributed by atoms with Gasteiger partial charge in [-0.05, 0) is 30.3 Å². The molecule has 2 amide bonds.